The van der Waals surface area contributed by atoms with Gasteiger partial charge in [0.15, 0.2) is 12.1 Å². The van der Waals surface area contributed by atoms with E-state index in [1.54, 1.807) is 0 Å². The van der Waals surface area contributed by atoms with Crippen molar-refractivity contribution in [1.82, 2.24) is 10.3 Å². The van der Waals surface area contributed by atoms with Crippen LogP contribution in [0.3, 0.4) is 0 Å². The maximum atomic E-state index is 13.5. The summed E-state index contributed by atoms with van der Waals surface area (Å²) in [4.78, 5) is 18.5. The Hall–Kier alpha value is -4.41. The zero-order chi connectivity index (χ0) is 36.6. The Balaban J connectivity index is 0.949. The molecule has 8 nitrogen and oxygen atoms in total. The lowest BCUT2D eigenvalue weighted by atomic mass is 9.53. The Bertz CT molecular complexity index is 1980. The average Bonchev–Trinajstić information content (AvgIpc) is 3.62. The fraction of sp³-hybridized carbons (Fsp3) is 0.378. The Morgan fingerprint density at radius 2 is 1.48 bits per heavy atom. The van der Waals surface area contributed by atoms with Crippen molar-refractivity contribution < 1.29 is 23.8 Å². The van der Waals surface area contributed by atoms with Crippen molar-refractivity contribution in [2.45, 2.75) is 81.3 Å². The number of amides is 2. The van der Waals surface area contributed by atoms with Gasteiger partial charge in [-0.3, -0.25) is 0 Å². The summed E-state index contributed by atoms with van der Waals surface area (Å²) in [6.07, 6.45) is 6.12. The molecule has 9 heteroatoms. The van der Waals surface area contributed by atoms with Gasteiger partial charge in [0, 0.05) is 39.6 Å². The molecule has 4 aliphatic carbocycles. The van der Waals surface area contributed by atoms with Crippen molar-refractivity contribution in [3.63, 3.8) is 0 Å². The normalized spacial score (nSPS) is 28.5. The summed E-state index contributed by atoms with van der Waals surface area (Å²) in [7, 11) is 0. The minimum atomic E-state index is -0.674. The van der Waals surface area contributed by atoms with Crippen molar-refractivity contribution in [3.05, 3.63) is 126 Å². The third kappa shape index (κ3) is 7.35. The first-order chi connectivity index (χ1) is 26.4. The second-order valence-corrected chi connectivity index (χ2v) is 16.9. The van der Waals surface area contributed by atoms with Gasteiger partial charge in [0.05, 0.1) is 18.8 Å². The monoisotopic (exact) mass is 741 g/mol. The van der Waals surface area contributed by atoms with Crippen LogP contribution in [0, 0.1) is 23.7 Å². The lowest BCUT2D eigenvalue weighted by molar-refractivity contribution is -0.268. The highest BCUT2D eigenvalue weighted by Gasteiger charge is 2.51. The lowest BCUT2D eigenvalue weighted by Crippen LogP contribution is -2.60. The van der Waals surface area contributed by atoms with E-state index in [-0.39, 0.29) is 36.3 Å². The van der Waals surface area contributed by atoms with Crippen LogP contribution in [0.25, 0.3) is 22.6 Å². The molecule has 4 aromatic carbocycles. The number of nitrogens with one attached hydrogen (secondary N) is 2. The summed E-state index contributed by atoms with van der Waals surface area (Å²) >= 11 is 1.54. The molecule has 5 aliphatic rings. The largest absolute Gasteiger partial charge is 0.431 e. The maximum absolute atomic E-state index is 13.5. The first-order valence-corrected chi connectivity index (χ1v) is 20.3. The molecule has 4 bridgehead atoms. The minimum absolute atomic E-state index is 0.0155. The maximum Gasteiger partial charge on any atom is 0.319 e. The van der Waals surface area contributed by atoms with E-state index in [1.807, 2.05) is 97.1 Å². The number of anilines is 1. The first kappa shape index (κ1) is 35.3. The van der Waals surface area contributed by atoms with Crippen molar-refractivity contribution in [2.24, 2.45) is 23.7 Å². The van der Waals surface area contributed by atoms with Crippen LogP contribution in [0.15, 0.2) is 119 Å². The number of hydrogen-bond acceptors (Lipinski definition) is 7. The molecule has 54 heavy (non-hydrogen) atoms. The summed E-state index contributed by atoms with van der Waals surface area (Å²) < 4.78 is 20.0. The van der Waals surface area contributed by atoms with Gasteiger partial charge >= 0.3 is 6.03 Å². The Morgan fingerprint density at radius 1 is 0.815 bits per heavy atom. The van der Waals surface area contributed by atoms with Crippen LogP contribution < -0.4 is 10.6 Å². The Labute approximate surface area is 321 Å². The van der Waals surface area contributed by atoms with Crippen LogP contribution in [0.5, 0.6) is 0 Å². The summed E-state index contributed by atoms with van der Waals surface area (Å²) in [6, 6.07) is 35.8. The van der Waals surface area contributed by atoms with Crippen LogP contribution in [-0.4, -0.2) is 33.5 Å². The van der Waals surface area contributed by atoms with Gasteiger partial charge in [0.25, 0.3) is 5.22 Å². The Morgan fingerprint density at radius 3 is 2.15 bits per heavy atom. The van der Waals surface area contributed by atoms with Crippen molar-refractivity contribution in [2.75, 3.05) is 11.1 Å². The van der Waals surface area contributed by atoms with Crippen molar-refractivity contribution >= 4 is 23.5 Å². The van der Waals surface area contributed by atoms with E-state index in [0.29, 0.717) is 16.7 Å². The van der Waals surface area contributed by atoms with Crippen LogP contribution in [0.4, 0.5) is 10.5 Å². The van der Waals surface area contributed by atoms with E-state index >= 15 is 0 Å². The van der Waals surface area contributed by atoms with Crippen molar-refractivity contribution in [3.8, 4) is 22.6 Å². The summed E-state index contributed by atoms with van der Waals surface area (Å²) in [5.74, 6) is 3.56. The number of hydrogen-bond donors (Lipinski definition) is 3. The number of ether oxygens (including phenoxy) is 2. The molecule has 5 fully saturated rings. The number of benzene rings is 4. The SMILES string of the molecule is CC1C(CSc2nc(-c3ccccc3)c(-c3ccccc3)o2)OC(c2cccc(NC(=O)NC34CC5CC(CC(C5)C3)C4)c2)OC1c1ccc(CO)cc1. The van der Waals surface area contributed by atoms with Gasteiger partial charge in [-0.1, -0.05) is 116 Å². The van der Waals surface area contributed by atoms with Crippen LogP contribution in [0.2, 0.25) is 0 Å². The quantitative estimate of drug-likeness (QED) is 0.122. The molecule has 0 radical (unpaired) electrons. The summed E-state index contributed by atoms with van der Waals surface area (Å²) in [5, 5.41) is 16.9. The fourth-order valence-corrected chi connectivity index (χ4v) is 10.8. The number of urea groups is 1. The third-order valence-corrected chi connectivity index (χ3v) is 12.9. The molecule has 5 aromatic rings. The minimum Gasteiger partial charge on any atom is -0.431 e. The number of oxazole rings is 1. The molecule has 1 aromatic heterocycles. The second-order valence-electron chi connectivity index (χ2n) is 15.9. The van der Waals surface area contributed by atoms with Gasteiger partial charge < -0.3 is 29.6 Å². The standard InChI is InChI=1S/C45H47N3O5S/c1-28-38(27-54-44-47-39(33-9-4-2-5-10-33)41(53-44)34-11-6-3-7-12-34)51-42(52-40(28)35-17-15-29(26-49)16-18-35)36-13-8-14-37(22-36)46-43(50)48-45-23-30-19-31(24-45)21-32(20-30)25-45/h2-18,22,28,30-32,38,40,42,49H,19-21,23-27H2,1H3,(H2,46,48,50). The van der Waals surface area contributed by atoms with E-state index in [9.17, 15) is 9.90 Å². The van der Waals surface area contributed by atoms with E-state index in [1.165, 1.54) is 31.0 Å². The van der Waals surface area contributed by atoms with Crippen LogP contribution >= 0.6 is 11.8 Å². The summed E-state index contributed by atoms with van der Waals surface area (Å²) in [5.41, 5.74) is 6.10. The van der Waals surface area contributed by atoms with E-state index in [2.05, 4.69) is 29.7 Å². The number of thioether (sulfide) groups is 1. The van der Waals surface area contributed by atoms with E-state index in [4.69, 9.17) is 18.9 Å². The fourth-order valence-electron chi connectivity index (χ4n) is 9.83. The number of nitrogens with zero attached hydrogens (tertiary/aromatic N) is 1. The van der Waals surface area contributed by atoms with Gasteiger partial charge in [0.1, 0.15) is 5.69 Å². The highest BCUT2D eigenvalue weighted by atomic mass is 32.2. The molecule has 4 saturated carbocycles. The zero-order valence-corrected chi connectivity index (χ0v) is 31.3. The topological polar surface area (TPSA) is 106 Å². The molecule has 3 N–H and O–H groups in total. The van der Waals surface area contributed by atoms with Crippen LogP contribution in [0.1, 0.15) is 74.5 Å². The number of carbonyl (C=O) groups excluding carboxylic acids is 1. The molecule has 4 unspecified atom stereocenters. The van der Waals surface area contributed by atoms with Gasteiger partial charge in [-0.05, 0) is 79.5 Å². The van der Waals surface area contributed by atoms with Gasteiger partial charge in [0.2, 0.25) is 0 Å². The first-order valence-electron chi connectivity index (χ1n) is 19.3. The molecule has 2 amide bonds. The predicted octanol–water partition coefficient (Wildman–Crippen LogP) is 10.2. The highest BCUT2D eigenvalue weighted by molar-refractivity contribution is 7.99. The number of rotatable bonds is 10. The smallest absolute Gasteiger partial charge is 0.319 e. The lowest BCUT2D eigenvalue weighted by Gasteiger charge is -2.56. The molecule has 1 saturated heterocycles. The highest BCUT2D eigenvalue weighted by Crippen LogP contribution is 2.55. The molecular weight excluding hydrogens is 695 g/mol. The number of aliphatic hydroxyl groups excluding tert-OH is 1. The second kappa shape index (κ2) is 15.0. The number of aliphatic hydroxyl groups is 1. The molecule has 2 heterocycles. The third-order valence-electron chi connectivity index (χ3n) is 12.0. The molecule has 4 atom stereocenters. The number of carbonyl (C=O) groups is 1. The molecule has 10 rings (SSSR count). The van der Waals surface area contributed by atoms with Gasteiger partial charge in [-0.15, -0.1) is 0 Å². The molecule has 0 spiro atoms. The van der Waals surface area contributed by atoms with Crippen molar-refractivity contribution in [1.29, 1.82) is 0 Å². The van der Waals surface area contributed by atoms with E-state index in [0.717, 1.165) is 76.3 Å². The molecular formula is C45H47N3O5S. The molecule has 1 aliphatic heterocycles. The predicted molar refractivity (Wildman–Crippen MR) is 211 cm³/mol. The van der Waals surface area contributed by atoms with Gasteiger partial charge in [-0.2, -0.15) is 0 Å². The Kier molecular flexibility index (Phi) is 9.82. The van der Waals surface area contributed by atoms with E-state index < -0.39 is 6.29 Å². The average molecular weight is 742 g/mol. The number of aromatic nitrogens is 1. The zero-order valence-electron chi connectivity index (χ0n) is 30.5. The van der Waals surface area contributed by atoms with Crippen LogP contribution in [-0.2, 0) is 16.1 Å². The summed E-state index contributed by atoms with van der Waals surface area (Å²) in [6.45, 7) is 2.13. The molecule has 278 valence electrons. The van der Waals surface area contributed by atoms with Gasteiger partial charge in [-0.25, -0.2) is 9.78 Å².